The van der Waals surface area contributed by atoms with Gasteiger partial charge in [0.15, 0.2) is 0 Å². The molecule has 1 aliphatic carbocycles. The fraction of sp³-hybridized carbons (Fsp3) is 0.929. The second-order valence-corrected chi connectivity index (χ2v) is 5.49. The van der Waals surface area contributed by atoms with E-state index in [9.17, 15) is 4.79 Å². The summed E-state index contributed by atoms with van der Waals surface area (Å²) in [5.74, 6) is 0.846. The highest BCUT2D eigenvalue weighted by atomic mass is 35.5. The largest absolute Gasteiger partial charge is 0.385 e. The van der Waals surface area contributed by atoms with E-state index in [0.29, 0.717) is 12.5 Å². The zero-order valence-electron chi connectivity index (χ0n) is 11.4. The third-order valence-electron chi connectivity index (χ3n) is 3.68. The summed E-state index contributed by atoms with van der Waals surface area (Å²) in [6.07, 6.45) is 9.09. The minimum Gasteiger partial charge on any atom is -0.385 e. The first-order chi connectivity index (χ1) is 8.77. The summed E-state index contributed by atoms with van der Waals surface area (Å²) in [6.45, 7) is 0.641. The van der Waals surface area contributed by atoms with E-state index in [1.807, 2.05) is 0 Å². The Balaban J connectivity index is 2.35. The Labute approximate surface area is 116 Å². The lowest BCUT2D eigenvalue weighted by Crippen LogP contribution is -2.40. The van der Waals surface area contributed by atoms with Crippen LogP contribution in [0.15, 0.2) is 0 Å². The van der Waals surface area contributed by atoms with Crippen molar-refractivity contribution in [1.82, 2.24) is 5.32 Å². The molecular weight excluding hydrogens is 250 g/mol. The van der Waals surface area contributed by atoms with Crippen molar-refractivity contribution in [3.05, 3.63) is 0 Å². The Kier molecular flexibility index (Phi) is 8.44. The van der Waals surface area contributed by atoms with Crippen LogP contribution in [0, 0.1) is 5.92 Å². The summed E-state index contributed by atoms with van der Waals surface area (Å²) >= 11 is 5.87. The van der Waals surface area contributed by atoms with Crippen LogP contribution >= 0.6 is 11.6 Å². The summed E-state index contributed by atoms with van der Waals surface area (Å²) in [4.78, 5) is 12.2. The third-order valence-corrected chi connectivity index (χ3v) is 4.05. The van der Waals surface area contributed by atoms with Gasteiger partial charge in [-0.15, -0.1) is 11.6 Å². The number of nitrogens with one attached hydrogen (secondary N) is 1. The molecule has 0 aromatic rings. The van der Waals surface area contributed by atoms with E-state index in [1.54, 1.807) is 7.11 Å². The number of hydrogen-bond donors (Lipinski definition) is 1. The molecule has 0 spiro atoms. The molecule has 106 valence electrons. The standard InChI is InChI=1S/C14H26ClNO2/c1-18-10-9-13(11-15)16-14(17)12-7-5-3-2-4-6-8-12/h12-13H,2-11H2,1H3,(H,16,17). The average molecular weight is 276 g/mol. The molecule has 1 saturated carbocycles. The van der Waals surface area contributed by atoms with E-state index >= 15 is 0 Å². The molecule has 0 radical (unpaired) electrons. The molecule has 1 fully saturated rings. The van der Waals surface area contributed by atoms with Crippen molar-refractivity contribution in [3.63, 3.8) is 0 Å². The minimum absolute atomic E-state index is 0.0459. The normalized spacial score (nSPS) is 19.9. The van der Waals surface area contributed by atoms with Crippen molar-refractivity contribution >= 4 is 17.5 Å². The van der Waals surface area contributed by atoms with Gasteiger partial charge in [-0.2, -0.15) is 0 Å². The molecule has 1 rings (SSSR count). The summed E-state index contributed by atoms with van der Waals surface area (Å²) in [5.41, 5.74) is 0. The maximum Gasteiger partial charge on any atom is 0.223 e. The molecular formula is C14H26ClNO2. The highest BCUT2D eigenvalue weighted by Crippen LogP contribution is 2.22. The van der Waals surface area contributed by atoms with Crippen LogP contribution in [0.5, 0.6) is 0 Å². The molecule has 0 heterocycles. The lowest BCUT2D eigenvalue weighted by molar-refractivity contribution is -0.126. The van der Waals surface area contributed by atoms with Crippen molar-refractivity contribution in [2.75, 3.05) is 19.6 Å². The Hall–Kier alpha value is -0.280. The van der Waals surface area contributed by atoms with Crippen molar-refractivity contribution in [1.29, 1.82) is 0 Å². The number of alkyl halides is 1. The first-order valence-corrected chi connectivity index (χ1v) is 7.66. The molecule has 1 unspecified atom stereocenters. The lowest BCUT2D eigenvalue weighted by atomic mass is 9.90. The number of carbonyl (C=O) groups excluding carboxylic acids is 1. The van der Waals surface area contributed by atoms with Crippen LogP contribution in [0.2, 0.25) is 0 Å². The topological polar surface area (TPSA) is 38.3 Å². The molecule has 1 aliphatic rings. The molecule has 18 heavy (non-hydrogen) atoms. The Bertz CT molecular complexity index is 228. The number of carbonyl (C=O) groups is 1. The van der Waals surface area contributed by atoms with E-state index in [-0.39, 0.29) is 17.9 Å². The predicted octanol–water partition coefficient (Wildman–Crippen LogP) is 3.11. The van der Waals surface area contributed by atoms with Gasteiger partial charge in [-0.3, -0.25) is 4.79 Å². The number of hydrogen-bond acceptors (Lipinski definition) is 2. The van der Waals surface area contributed by atoms with Gasteiger partial charge < -0.3 is 10.1 Å². The van der Waals surface area contributed by atoms with Gasteiger partial charge in [0.1, 0.15) is 0 Å². The first-order valence-electron chi connectivity index (χ1n) is 7.13. The van der Waals surface area contributed by atoms with Crippen LogP contribution < -0.4 is 5.32 Å². The molecule has 1 atom stereocenters. The summed E-state index contributed by atoms with van der Waals surface area (Å²) in [5, 5.41) is 3.07. The van der Waals surface area contributed by atoms with Gasteiger partial charge in [-0.25, -0.2) is 0 Å². The van der Waals surface area contributed by atoms with Crippen LogP contribution in [-0.4, -0.2) is 31.5 Å². The molecule has 0 bridgehead atoms. The van der Waals surface area contributed by atoms with Gasteiger partial charge in [0.05, 0.1) is 0 Å². The maximum absolute atomic E-state index is 12.2. The highest BCUT2D eigenvalue weighted by Gasteiger charge is 2.21. The van der Waals surface area contributed by atoms with Crippen LogP contribution in [0.4, 0.5) is 0 Å². The number of amides is 1. The van der Waals surface area contributed by atoms with Crippen LogP contribution in [0.3, 0.4) is 0 Å². The van der Waals surface area contributed by atoms with E-state index in [1.165, 1.54) is 32.1 Å². The number of rotatable bonds is 6. The van der Waals surface area contributed by atoms with Gasteiger partial charge in [0.2, 0.25) is 5.91 Å². The lowest BCUT2D eigenvalue weighted by Gasteiger charge is -2.22. The minimum atomic E-state index is 0.0459. The first kappa shape index (κ1) is 15.8. The number of methoxy groups -OCH3 is 1. The van der Waals surface area contributed by atoms with Gasteiger partial charge in [0, 0.05) is 31.6 Å². The van der Waals surface area contributed by atoms with Crippen molar-refractivity contribution in [2.45, 2.75) is 57.4 Å². The van der Waals surface area contributed by atoms with Crippen molar-refractivity contribution in [2.24, 2.45) is 5.92 Å². The Morgan fingerprint density at radius 1 is 1.28 bits per heavy atom. The smallest absolute Gasteiger partial charge is 0.223 e. The van der Waals surface area contributed by atoms with Crippen LogP contribution in [-0.2, 0) is 9.53 Å². The van der Waals surface area contributed by atoms with Gasteiger partial charge >= 0.3 is 0 Å². The fourth-order valence-electron chi connectivity index (χ4n) is 2.49. The zero-order chi connectivity index (χ0) is 13.2. The van der Waals surface area contributed by atoms with Gasteiger partial charge in [-0.1, -0.05) is 32.1 Å². The highest BCUT2D eigenvalue weighted by molar-refractivity contribution is 6.18. The van der Waals surface area contributed by atoms with Crippen LogP contribution in [0.1, 0.15) is 51.4 Å². The summed E-state index contributed by atoms with van der Waals surface area (Å²) < 4.78 is 5.03. The summed E-state index contributed by atoms with van der Waals surface area (Å²) in [6, 6.07) is 0.0459. The van der Waals surface area contributed by atoms with Gasteiger partial charge in [0.25, 0.3) is 0 Å². The van der Waals surface area contributed by atoms with E-state index in [0.717, 1.165) is 19.3 Å². The second kappa shape index (κ2) is 9.62. The molecule has 0 aromatic heterocycles. The van der Waals surface area contributed by atoms with E-state index < -0.39 is 0 Å². The molecule has 3 nitrogen and oxygen atoms in total. The molecule has 0 aliphatic heterocycles. The molecule has 1 N–H and O–H groups in total. The summed E-state index contributed by atoms with van der Waals surface area (Å²) in [7, 11) is 1.67. The van der Waals surface area contributed by atoms with E-state index in [4.69, 9.17) is 16.3 Å². The quantitative estimate of drug-likeness (QED) is 0.757. The molecule has 0 saturated heterocycles. The number of ether oxygens (including phenoxy) is 1. The monoisotopic (exact) mass is 275 g/mol. The number of halogens is 1. The fourth-order valence-corrected chi connectivity index (χ4v) is 2.72. The maximum atomic E-state index is 12.2. The SMILES string of the molecule is COCCC(CCl)NC(=O)C1CCCCCCC1. The molecule has 1 amide bonds. The molecule has 0 aromatic carbocycles. The third kappa shape index (κ3) is 6.05. The van der Waals surface area contributed by atoms with Gasteiger partial charge in [-0.05, 0) is 19.3 Å². The Morgan fingerprint density at radius 2 is 1.89 bits per heavy atom. The average Bonchev–Trinajstić information content (AvgIpc) is 2.33. The predicted molar refractivity (Wildman–Crippen MR) is 75.0 cm³/mol. The second-order valence-electron chi connectivity index (χ2n) is 5.18. The zero-order valence-corrected chi connectivity index (χ0v) is 12.2. The van der Waals surface area contributed by atoms with Crippen molar-refractivity contribution in [3.8, 4) is 0 Å². The van der Waals surface area contributed by atoms with Crippen LogP contribution in [0.25, 0.3) is 0 Å². The Morgan fingerprint density at radius 3 is 2.44 bits per heavy atom. The van der Waals surface area contributed by atoms with Crippen molar-refractivity contribution < 1.29 is 9.53 Å². The molecule has 4 heteroatoms. The van der Waals surface area contributed by atoms with E-state index in [2.05, 4.69) is 5.32 Å².